The average Bonchev–Trinajstić information content (AvgIpc) is 0.971. The SMILES string of the molecule is C=C(OC)C(=O)Nc1cc(OC)c(OC)cc1C(=O)O[C@H]1CC(O[C@@H]2C(=O)C(NC(=O)OC)=C3/C(=C\CSSSC)[C@]2(O)C#CCCC#C[C@@H]3O[C@@H]2O[C@H](C)[C@@H](NOC3C[C@H](O)[C@H](SC)[C@@H](C)O3)[C@H](O)[C@@H]2O[C@H]2C[C@H](OC)[C@@H](NC(C)C)CO2)O[C@@H](C)C1O. The first-order valence-corrected chi connectivity index (χ1v) is 34.1. The molecule has 6 aliphatic rings. The molecule has 30 heteroatoms. The van der Waals surface area contributed by atoms with E-state index in [-0.39, 0.29) is 101 Å². The number of fused-ring (bicyclic) bond motifs is 2. The van der Waals surface area contributed by atoms with Crippen LogP contribution in [0.1, 0.15) is 77.1 Å². The van der Waals surface area contributed by atoms with Crippen molar-refractivity contribution in [2.75, 3.05) is 65.7 Å². The zero-order valence-electron chi connectivity index (χ0n) is 51.6. The summed E-state index contributed by atoms with van der Waals surface area (Å²) in [4.78, 5) is 62.5. The number of ether oxygens (including phenoxy) is 13. The monoisotopic (exact) mass is 1330 g/mol. The lowest BCUT2D eigenvalue weighted by Crippen LogP contribution is -2.65. The molecule has 2 bridgehead atoms. The van der Waals surface area contributed by atoms with Crippen LogP contribution in [0, 0.1) is 23.7 Å². The zero-order valence-corrected chi connectivity index (χ0v) is 54.9. The van der Waals surface area contributed by atoms with Crippen molar-refractivity contribution in [1.82, 2.24) is 16.1 Å². The van der Waals surface area contributed by atoms with Gasteiger partial charge in [-0.25, -0.2) is 9.59 Å². The van der Waals surface area contributed by atoms with Crippen LogP contribution in [-0.4, -0.2) is 226 Å². The molecular formula is C59H82N4O22S4. The maximum absolute atomic E-state index is 15.6. The second-order valence-electron chi connectivity index (χ2n) is 21.6. The van der Waals surface area contributed by atoms with Crippen LogP contribution in [0.4, 0.5) is 10.5 Å². The van der Waals surface area contributed by atoms with E-state index in [4.69, 9.17) is 66.4 Å². The number of alkyl carbamates (subject to hydrolysis) is 1. The van der Waals surface area contributed by atoms with Gasteiger partial charge in [0.2, 0.25) is 5.78 Å². The van der Waals surface area contributed by atoms with E-state index in [1.54, 1.807) is 20.1 Å². The normalized spacial score (nSPS) is 34.3. The first-order chi connectivity index (χ1) is 42.5. The molecule has 4 aliphatic heterocycles. The molecule has 26 nitrogen and oxygen atoms in total. The number of carbonyl (C=O) groups is 4. The number of aliphatic hydroxyl groups is 4. The number of ketones is 1. The summed E-state index contributed by atoms with van der Waals surface area (Å²) < 4.78 is 78.1. The Morgan fingerprint density at radius 1 is 0.854 bits per heavy atom. The number of Topliss-reactive ketones (excluding diaryl/α,β-unsaturated/α-hetero) is 1. The molecule has 7 rings (SSSR count). The Morgan fingerprint density at radius 3 is 2.22 bits per heavy atom. The number of rotatable bonds is 25. The highest BCUT2D eigenvalue weighted by molar-refractivity contribution is 9.09. The predicted molar refractivity (Wildman–Crippen MR) is 330 cm³/mol. The first-order valence-electron chi connectivity index (χ1n) is 28.7. The van der Waals surface area contributed by atoms with E-state index in [1.165, 1.54) is 83.6 Å². The molecule has 2 aliphatic carbocycles. The minimum Gasteiger partial charge on any atom is -0.493 e. The third kappa shape index (κ3) is 17.7. The topological polar surface area (TPSA) is 327 Å². The highest BCUT2D eigenvalue weighted by Gasteiger charge is 2.57. The highest BCUT2D eigenvalue weighted by Crippen LogP contribution is 2.44. The van der Waals surface area contributed by atoms with Gasteiger partial charge in [0.1, 0.15) is 30.5 Å². The second kappa shape index (κ2) is 33.5. The molecule has 3 unspecified atom stereocenters. The Hall–Kier alpha value is -4.36. The summed E-state index contributed by atoms with van der Waals surface area (Å²) >= 11 is 1.48. The van der Waals surface area contributed by atoms with Crippen molar-refractivity contribution < 1.29 is 106 Å². The predicted octanol–water partition coefficient (Wildman–Crippen LogP) is 3.64. The average molecular weight is 1330 g/mol. The summed E-state index contributed by atoms with van der Waals surface area (Å²) in [6, 6.07) is 1.42. The first kappa shape index (κ1) is 72.1. The number of anilines is 1. The number of thioether (sulfide) groups is 1. The Balaban J connectivity index is 1.27. The summed E-state index contributed by atoms with van der Waals surface area (Å²) in [5.74, 6) is 9.21. The van der Waals surface area contributed by atoms with Crippen molar-refractivity contribution in [3.8, 4) is 35.2 Å². The summed E-state index contributed by atoms with van der Waals surface area (Å²) in [7, 11) is 10.8. The van der Waals surface area contributed by atoms with Gasteiger partial charge >= 0.3 is 12.1 Å². The lowest BCUT2D eigenvalue weighted by atomic mass is 9.73. The van der Waals surface area contributed by atoms with E-state index in [0.717, 1.165) is 7.11 Å². The number of nitrogens with one attached hydrogen (secondary N) is 4. The molecule has 89 heavy (non-hydrogen) atoms. The molecule has 8 N–H and O–H groups in total. The van der Waals surface area contributed by atoms with Gasteiger partial charge in [-0.3, -0.25) is 19.7 Å². The third-order valence-corrected chi connectivity index (χ3v) is 20.4. The van der Waals surface area contributed by atoms with Crippen LogP contribution in [0.15, 0.2) is 47.4 Å². The van der Waals surface area contributed by atoms with Crippen molar-refractivity contribution in [2.45, 2.75) is 188 Å². The highest BCUT2D eigenvalue weighted by atomic mass is 33.5. The van der Waals surface area contributed by atoms with Crippen molar-refractivity contribution in [1.29, 1.82) is 0 Å². The molecule has 0 spiro atoms. The van der Waals surface area contributed by atoms with Gasteiger partial charge in [-0.1, -0.05) is 71.8 Å². The van der Waals surface area contributed by atoms with Crippen LogP contribution >= 0.6 is 43.2 Å². The molecule has 4 fully saturated rings. The Kier molecular flexibility index (Phi) is 27.1. The molecule has 4 heterocycles. The number of amides is 2. The lowest BCUT2D eigenvalue weighted by Gasteiger charge is -2.47. The minimum absolute atomic E-state index is 0.0680. The quantitative estimate of drug-likeness (QED) is 0.0132. The Bertz CT molecular complexity index is 2840. The van der Waals surface area contributed by atoms with E-state index in [9.17, 15) is 34.8 Å². The molecule has 0 saturated carbocycles. The van der Waals surface area contributed by atoms with Gasteiger partial charge in [0.15, 0.2) is 54.1 Å². The molecule has 1 aromatic rings. The molecular weight excluding hydrogens is 1240 g/mol. The molecule has 19 atom stereocenters. The van der Waals surface area contributed by atoms with Gasteiger partial charge < -0.3 is 92.6 Å². The van der Waals surface area contributed by atoms with Crippen LogP contribution in [0.5, 0.6) is 11.5 Å². The maximum atomic E-state index is 15.6. The van der Waals surface area contributed by atoms with Gasteiger partial charge in [0.25, 0.3) is 5.91 Å². The standard InChI is InChI=1S/C59H82N4O22S4/c1-28(2)60-36-27-77-43(25-39(36)73-8)83-52-50(66)47(63-85-45-24-37(64)53(86-12)31(5)79-45)29(3)80-57(52)82-38-18-16-14-15-17-20-59(71)34(19-21-88-89-87-13)46(38)48(62-58(70)76-11)51(67)54(59)84-44-26-42(49(65)30(4)78-44)81-56(69)33-22-40(74-9)41(75-10)23-35(33)61-55(68)32(6)72-7/h19,22-23,28-31,36-39,42-45,47,49-50,52-54,57,60,63-66,71H,6,14-15,21,24-27H2,1-5,7-13H3,(H,61,68)(H,62,70)/b34-19+/t29-,30+,31-,36+,37+,38+,39+,42+,43+,44?,45?,47-,49?,50+,52+,53-,54-,57+,59-/m1/s1. The number of methoxy groups -OCH3 is 5. The minimum atomic E-state index is -2.61. The van der Waals surface area contributed by atoms with Crippen molar-refractivity contribution in [3.63, 3.8) is 0 Å². The number of hydroxylamine groups is 1. The second-order valence-corrected chi connectivity index (χ2v) is 27.0. The number of carbonyl (C=O) groups excluding carboxylic acids is 4. The number of hydrogen-bond donors (Lipinski definition) is 8. The Labute approximate surface area is 534 Å². The van der Waals surface area contributed by atoms with E-state index in [0.29, 0.717) is 0 Å². The van der Waals surface area contributed by atoms with Crippen LogP contribution in [0.3, 0.4) is 0 Å². The fourth-order valence-electron chi connectivity index (χ4n) is 10.9. The van der Waals surface area contributed by atoms with Gasteiger partial charge in [-0.05, 0) is 43.1 Å². The number of hydrogen-bond acceptors (Lipinski definition) is 28. The zero-order chi connectivity index (χ0) is 64.9. The van der Waals surface area contributed by atoms with Crippen LogP contribution in [-0.2, 0) is 66.5 Å². The molecule has 1 aromatic carbocycles. The van der Waals surface area contributed by atoms with Gasteiger partial charge in [-0.2, -0.15) is 17.2 Å². The molecule has 494 valence electrons. The molecule has 0 radical (unpaired) electrons. The maximum Gasteiger partial charge on any atom is 0.411 e. The fourth-order valence-corrected chi connectivity index (χ4v) is 14.2. The molecule has 2 amide bonds. The summed E-state index contributed by atoms with van der Waals surface area (Å²) in [5, 5.41) is 56.9. The largest absolute Gasteiger partial charge is 0.493 e. The third-order valence-electron chi connectivity index (χ3n) is 15.4. The summed E-state index contributed by atoms with van der Waals surface area (Å²) in [6.45, 7) is 12.7. The number of benzene rings is 1. The smallest absolute Gasteiger partial charge is 0.411 e. The van der Waals surface area contributed by atoms with Crippen molar-refractivity contribution >= 4 is 72.6 Å². The van der Waals surface area contributed by atoms with E-state index in [2.05, 4.69) is 51.7 Å². The van der Waals surface area contributed by atoms with Crippen LogP contribution in [0.25, 0.3) is 0 Å². The summed E-state index contributed by atoms with van der Waals surface area (Å²) in [6.07, 6.45) is -13.9. The van der Waals surface area contributed by atoms with Gasteiger partial charge in [0, 0.05) is 74.3 Å². The van der Waals surface area contributed by atoms with Crippen LogP contribution in [0.2, 0.25) is 0 Å². The fraction of sp³-hybridized carbons (Fsp3) is 0.661. The van der Waals surface area contributed by atoms with E-state index in [1.807, 2.05) is 33.3 Å². The molecule has 0 aromatic heterocycles. The van der Waals surface area contributed by atoms with Gasteiger partial charge in [0.05, 0.1) is 99.8 Å². The van der Waals surface area contributed by atoms with E-state index >= 15 is 4.79 Å². The van der Waals surface area contributed by atoms with Crippen LogP contribution < -0.4 is 30.9 Å². The number of esters is 1. The molecule has 4 saturated heterocycles. The summed E-state index contributed by atoms with van der Waals surface area (Å²) in [5.41, 5.74) is -0.785. The van der Waals surface area contributed by atoms with E-state index < -0.39 is 134 Å². The Morgan fingerprint density at radius 2 is 1.56 bits per heavy atom. The van der Waals surface area contributed by atoms with Crippen molar-refractivity contribution in [3.05, 3.63) is 53.0 Å². The van der Waals surface area contributed by atoms with Crippen molar-refractivity contribution in [2.24, 2.45) is 0 Å². The van der Waals surface area contributed by atoms with Gasteiger partial charge in [-0.15, -0.1) is 0 Å². The lowest BCUT2D eigenvalue weighted by molar-refractivity contribution is -0.336. The number of aliphatic hydroxyl groups excluding tert-OH is 3.